The van der Waals surface area contributed by atoms with Gasteiger partial charge in [0, 0.05) is 12.4 Å². The van der Waals surface area contributed by atoms with Crippen LogP contribution in [-0.4, -0.2) is 19.9 Å². The smallest absolute Gasteiger partial charge is 0.134 e. The summed E-state index contributed by atoms with van der Waals surface area (Å²) in [6.45, 7) is 8.41. The van der Waals surface area contributed by atoms with Crippen LogP contribution in [0.15, 0.2) is 41.2 Å². The zero-order chi connectivity index (χ0) is 10.2. The van der Waals surface area contributed by atoms with E-state index in [0.717, 1.165) is 18.5 Å². The van der Waals surface area contributed by atoms with E-state index in [0.29, 0.717) is 13.2 Å². The summed E-state index contributed by atoms with van der Waals surface area (Å²) in [7, 11) is 0. The highest BCUT2D eigenvalue weighted by Crippen LogP contribution is 2.16. The molecule has 1 N–H and O–H groups in total. The normalized spacial score (nSPS) is 14.4. The Morgan fingerprint density at radius 3 is 3.14 bits per heavy atom. The topological polar surface area (TPSA) is 33.6 Å². The molecule has 1 aliphatic carbocycles. The largest absolute Gasteiger partial charge is 0.394 e. The van der Waals surface area contributed by atoms with Crippen molar-refractivity contribution in [1.29, 1.82) is 0 Å². The first-order valence-corrected chi connectivity index (χ1v) is 4.71. The summed E-state index contributed by atoms with van der Waals surface area (Å²) in [5, 5.41) is 6.48. The van der Waals surface area contributed by atoms with Gasteiger partial charge in [0.1, 0.15) is 6.61 Å². The fourth-order valence-electron chi connectivity index (χ4n) is 1.28. The van der Waals surface area contributed by atoms with Crippen molar-refractivity contribution in [2.45, 2.75) is 12.8 Å². The van der Waals surface area contributed by atoms with E-state index in [9.17, 15) is 0 Å². The van der Waals surface area contributed by atoms with Crippen LogP contribution in [0.2, 0.25) is 0 Å². The molecule has 0 radical (unpaired) electrons. The number of nitrogens with one attached hydrogen (secondary N) is 1. The third-order valence-electron chi connectivity index (χ3n) is 2.02. The second-order valence-electron chi connectivity index (χ2n) is 3.03. The molecule has 0 unspecified atom stereocenters. The summed E-state index contributed by atoms with van der Waals surface area (Å²) in [5.74, 6) is 0. The third kappa shape index (κ3) is 3.47. The van der Waals surface area contributed by atoms with Crippen molar-refractivity contribution in [1.82, 2.24) is 5.32 Å². The molecule has 1 aliphatic rings. The molecule has 3 nitrogen and oxygen atoms in total. The van der Waals surface area contributed by atoms with Gasteiger partial charge in [-0.15, -0.1) is 5.16 Å². The number of oxime groups is 1. The predicted molar refractivity (Wildman–Crippen MR) is 59.1 cm³/mol. The molecule has 0 aromatic rings. The number of hydrogen-bond donors (Lipinski definition) is 1. The van der Waals surface area contributed by atoms with Crippen LogP contribution in [-0.2, 0) is 4.84 Å². The molecular weight excluding hydrogens is 176 g/mol. The monoisotopic (exact) mass is 192 g/mol. The minimum absolute atomic E-state index is 0.519. The van der Waals surface area contributed by atoms with Gasteiger partial charge in [-0.3, -0.25) is 0 Å². The van der Waals surface area contributed by atoms with Gasteiger partial charge in [0.05, 0.1) is 6.54 Å². The Bertz CT molecular complexity index is 266. The van der Waals surface area contributed by atoms with Gasteiger partial charge in [0.15, 0.2) is 0 Å². The van der Waals surface area contributed by atoms with Crippen molar-refractivity contribution in [2.75, 3.05) is 13.2 Å². The van der Waals surface area contributed by atoms with Crippen LogP contribution >= 0.6 is 0 Å². The Hall–Kier alpha value is -1.51. The van der Waals surface area contributed by atoms with Crippen molar-refractivity contribution in [3.8, 4) is 0 Å². The lowest BCUT2D eigenvalue weighted by atomic mass is 10.0. The zero-order valence-electron chi connectivity index (χ0n) is 8.33. The summed E-state index contributed by atoms with van der Waals surface area (Å²) in [5.41, 5.74) is 2.24. The van der Waals surface area contributed by atoms with Gasteiger partial charge < -0.3 is 10.2 Å². The molecule has 1 rings (SSSR count). The summed E-state index contributed by atoms with van der Waals surface area (Å²) in [6.07, 6.45) is 8.46. The van der Waals surface area contributed by atoms with Gasteiger partial charge in [-0.05, 0) is 18.4 Å². The first-order valence-electron chi connectivity index (χ1n) is 4.71. The van der Waals surface area contributed by atoms with Crippen LogP contribution in [0, 0.1) is 0 Å². The van der Waals surface area contributed by atoms with Gasteiger partial charge in [-0.25, -0.2) is 0 Å². The average molecular weight is 192 g/mol. The second kappa shape index (κ2) is 6.02. The van der Waals surface area contributed by atoms with E-state index in [1.807, 2.05) is 0 Å². The molecule has 0 saturated heterocycles. The van der Waals surface area contributed by atoms with Crippen LogP contribution in [0.4, 0.5) is 0 Å². The SMILES string of the molecule is C=NOCCNC(=C)C1=CC=CCC1. The van der Waals surface area contributed by atoms with E-state index in [-0.39, 0.29) is 0 Å². The highest BCUT2D eigenvalue weighted by Gasteiger charge is 2.02. The zero-order valence-corrected chi connectivity index (χ0v) is 8.33. The molecule has 76 valence electrons. The van der Waals surface area contributed by atoms with Crippen LogP contribution in [0.1, 0.15) is 12.8 Å². The molecular formula is C11H16N2O. The Labute approximate surface area is 84.8 Å². The van der Waals surface area contributed by atoms with E-state index >= 15 is 0 Å². The summed E-state index contributed by atoms with van der Waals surface area (Å²) in [6, 6.07) is 0. The molecule has 0 aliphatic heterocycles. The maximum atomic E-state index is 4.75. The molecule has 0 fully saturated rings. The minimum Gasteiger partial charge on any atom is -0.394 e. The van der Waals surface area contributed by atoms with Crippen molar-refractivity contribution < 1.29 is 4.84 Å². The lowest BCUT2D eigenvalue weighted by Gasteiger charge is -2.13. The first-order chi connectivity index (χ1) is 6.84. The molecule has 0 aromatic heterocycles. The molecule has 0 bridgehead atoms. The lowest BCUT2D eigenvalue weighted by molar-refractivity contribution is 0.151. The van der Waals surface area contributed by atoms with E-state index in [1.54, 1.807) is 0 Å². The highest BCUT2D eigenvalue weighted by atomic mass is 16.6. The van der Waals surface area contributed by atoms with Crippen LogP contribution in [0.3, 0.4) is 0 Å². The number of rotatable bonds is 6. The average Bonchev–Trinajstić information content (AvgIpc) is 2.25. The van der Waals surface area contributed by atoms with Gasteiger partial charge in [0.25, 0.3) is 0 Å². The molecule has 3 heteroatoms. The van der Waals surface area contributed by atoms with Crippen LogP contribution in [0.5, 0.6) is 0 Å². The van der Waals surface area contributed by atoms with Gasteiger partial charge in [-0.1, -0.05) is 24.8 Å². The number of allylic oxidation sites excluding steroid dienone is 4. The van der Waals surface area contributed by atoms with E-state index in [2.05, 4.69) is 42.0 Å². The Morgan fingerprint density at radius 2 is 2.50 bits per heavy atom. The fourth-order valence-corrected chi connectivity index (χ4v) is 1.28. The standard InChI is InChI=1S/C11H16N2O/c1-10(13-8-9-14-12-2)11-6-4-3-5-7-11/h3-4,6,13H,1-2,5,7-9H2. The molecule has 14 heavy (non-hydrogen) atoms. The molecule has 0 amide bonds. The van der Waals surface area contributed by atoms with E-state index in [4.69, 9.17) is 4.84 Å². The summed E-state index contributed by atoms with van der Waals surface area (Å²) >= 11 is 0. The Kier molecular flexibility index (Phi) is 4.55. The number of nitrogens with zero attached hydrogens (tertiary/aromatic N) is 1. The van der Waals surface area contributed by atoms with Crippen LogP contribution in [0.25, 0.3) is 0 Å². The molecule has 0 heterocycles. The van der Waals surface area contributed by atoms with Crippen molar-refractivity contribution >= 4 is 6.72 Å². The van der Waals surface area contributed by atoms with E-state index < -0.39 is 0 Å². The molecule has 0 saturated carbocycles. The molecule has 0 aromatic carbocycles. The van der Waals surface area contributed by atoms with Gasteiger partial charge in [0.2, 0.25) is 0 Å². The summed E-state index contributed by atoms with van der Waals surface area (Å²) in [4.78, 5) is 4.75. The maximum Gasteiger partial charge on any atom is 0.134 e. The second-order valence-corrected chi connectivity index (χ2v) is 3.03. The van der Waals surface area contributed by atoms with Crippen LogP contribution < -0.4 is 5.32 Å². The van der Waals surface area contributed by atoms with Crippen molar-refractivity contribution in [3.05, 3.63) is 36.1 Å². The Morgan fingerprint density at radius 1 is 1.64 bits per heavy atom. The molecule has 0 atom stereocenters. The third-order valence-corrected chi connectivity index (χ3v) is 2.02. The van der Waals surface area contributed by atoms with E-state index in [1.165, 1.54) is 5.57 Å². The quantitative estimate of drug-likeness (QED) is 0.397. The van der Waals surface area contributed by atoms with Crippen molar-refractivity contribution in [3.63, 3.8) is 0 Å². The Balaban J connectivity index is 2.24. The van der Waals surface area contributed by atoms with Crippen molar-refractivity contribution in [2.24, 2.45) is 5.16 Å². The highest BCUT2D eigenvalue weighted by molar-refractivity contribution is 5.32. The van der Waals surface area contributed by atoms with Gasteiger partial charge in [-0.2, -0.15) is 0 Å². The first kappa shape index (κ1) is 10.6. The lowest BCUT2D eigenvalue weighted by Crippen LogP contribution is -2.19. The fraction of sp³-hybridized carbons (Fsp3) is 0.364. The molecule has 0 spiro atoms. The number of hydrogen-bond acceptors (Lipinski definition) is 3. The minimum atomic E-state index is 0.519. The van der Waals surface area contributed by atoms with Gasteiger partial charge >= 0.3 is 0 Å². The summed E-state index contributed by atoms with van der Waals surface area (Å²) < 4.78 is 0. The maximum absolute atomic E-state index is 4.75. The predicted octanol–water partition coefficient (Wildman–Crippen LogP) is 2.00.